The number of azide groups is 1. The molecule has 0 N–H and O–H groups in total. The van der Waals surface area contributed by atoms with Crippen LogP contribution >= 0.6 is 0 Å². The van der Waals surface area contributed by atoms with Crippen LogP contribution in [0.2, 0.25) is 0 Å². The molecule has 2 rings (SSSR count). The monoisotopic (exact) mass is 266 g/mol. The first kappa shape index (κ1) is 13.8. The Bertz CT molecular complexity index is 473. The second kappa shape index (κ2) is 6.50. The number of benzene rings is 1. The Balaban J connectivity index is 1.85. The highest BCUT2D eigenvalue weighted by atomic mass is 19.1. The molecule has 6 heteroatoms. The van der Waals surface area contributed by atoms with E-state index >= 15 is 0 Å². The molecule has 1 aliphatic rings. The molecular weight excluding hydrogens is 250 g/mol. The van der Waals surface area contributed by atoms with Crippen LogP contribution in [0.5, 0.6) is 0 Å². The zero-order valence-electron chi connectivity index (χ0n) is 10.5. The van der Waals surface area contributed by atoms with Crippen molar-refractivity contribution in [3.8, 4) is 0 Å². The molecule has 2 unspecified atom stereocenters. The Morgan fingerprint density at radius 2 is 2.21 bits per heavy atom. The minimum absolute atomic E-state index is 0.219. The fourth-order valence-electron chi connectivity index (χ4n) is 2.33. The van der Waals surface area contributed by atoms with Gasteiger partial charge in [0.1, 0.15) is 12.0 Å². The predicted molar refractivity (Wildman–Crippen MR) is 69.0 cm³/mol. The van der Waals surface area contributed by atoms with E-state index in [1.165, 1.54) is 6.07 Å². The van der Waals surface area contributed by atoms with E-state index in [0.29, 0.717) is 31.5 Å². The molecule has 1 saturated heterocycles. The van der Waals surface area contributed by atoms with Crippen molar-refractivity contribution < 1.29 is 8.78 Å². The number of alkyl halides is 1. The molecule has 0 amide bonds. The largest absolute Gasteiger partial charge is 0.300 e. The van der Waals surface area contributed by atoms with Gasteiger partial charge in [-0.2, -0.15) is 0 Å². The number of rotatable bonds is 4. The van der Waals surface area contributed by atoms with E-state index in [2.05, 4.69) is 10.0 Å². The van der Waals surface area contributed by atoms with E-state index in [-0.39, 0.29) is 12.4 Å². The van der Waals surface area contributed by atoms with Gasteiger partial charge in [0.2, 0.25) is 0 Å². The Labute approximate surface area is 110 Å². The van der Waals surface area contributed by atoms with Crippen molar-refractivity contribution in [2.45, 2.75) is 25.1 Å². The van der Waals surface area contributed by atoms with Gasteiger partial charge in [-0.05, 0) is 36.5 Å². The smallest absolute Gasteiger partial charge is 0.126 e. The lowest BCUT2D eigenvalue weighted by molar-refractivity contribution is 0.120. The fourth-order valence-corrected chi connectivity index (χ4v) is 2.33. The third-order valence-corrected chi connectivity index (χ3v) is 3.45. The molecule has 19 heavy (non-hydrogen) atoms. The summed E-state index contributed by atoms with van der Waals surface area (Å²) in [5, 5.41) is 3.45. The van der Waals surface area contributed by atoms with Crippen LogP contribution in [0, 0.1) is 5.82 Å². The maximum Gasteiger partial charge on any atom is 0.126 e. The van der Waals surface area contributed by atoms with E-state index in [1.807, 2.05) is 4.90 Å². The van der Waals surface area contributed by atoms with Crippen LogP contribution in [0.15, 0.2) is 29.4 Å². The van der Waals surface area contributed by atoms with Crippen molar-refractivity contribution in [3.63, 3.8) is 0 Å². The van der Waals surface area contributed by atoms with Crippen molar-refractivity contribution in [1.82, 2.24) is 4.90 Å². The van der Waals surface area contributed by atoms with Crippen LogP contribution in [-0.2, 0) is 6.42 Å². The first-order valence-corrected chi connectivity index (χ1v) is 6.34. The topological polar surface area (TPSA) is 52.0 Å². The minimum atomic E-state index is -1.13. The summed E-state index contributed by atoms with van der Waals surface area (Å²) < 4.78 is 27.1. The van der Waals surface area contributed by atoms with Crippen molar-refractivity contribution in [1.29, 1.82) is 0 Å². The standard InChI is InChI=1S/C13H16F2N4/c14-11-4-2-1-3-10(11)5-7-19-8-6-13(17-18-16)12(15)9-19/h1-4,12-13H,5-9H2. The van der Waals surface area contributed by atoms with Crippen LogP contribution in [0.25, 0.3) is 10.4 Å². The first-order valence-electron chi connectivity index (χ1n) is 6.34. The van der Waals surface area contributed by atoms with Gasteiger partial charge >= 0.3 is 0 Å². The maximum atomic E-state index is 13.7. The van der Waals surface area contributed by atoms with E-state index in [0.717, 1.165) is 0 Å². The summed E-state index contributed by atoms with van der Waals surface area (Å²) in [5.41, 5.74) is 8.97. The molecule has 1 aromatic rings. The Morgan fingerprint density at radius 3 is 2.89 bits per heavy atom. The van der Waals surface area contributed by atoms with Crippen LogP contribution < -0.4 is 0 Å². The lowest BCUT2D eigenvalue weighted by atomic mass is 10.0. The van der Waals surface area contributed by atoms with Crippen molar-refractivity contribution in [2.24, 2.45) is 5.11 Å². The fraction of sp³-hybridized carbons (Fsp3) is 0.538. The number of likely N-dealkylation sites (tertiary alicyclic amines) is 1. The van der Waals surface area contributed by atoms with Gasteiger partial charge in [0, 0.05) is 18.0 Å². The highest BCUT2D eigenvalue weighted by Crippen LogP contribution is 2.18. The molecule has 4 nitrogen and oxygen atoms in total. The number of halogens is 2. The second-order valence-electron chi connectivity index (χ2n) is 4.72. The lowest BCUT2D eigenvalue weighted by Crippen LogP contribution is -2.44. The van der Waals surface area contributed by atoms with Gasteiger partial charge in [-0.3, -0.25) is 0 Å². The average molecular weight is 266 g/mol. The quantitative estimate of drug-likeness (QED) is 0.469. The molecule has 0 aromatic heterocycles. The molecule has 102 valence electrons. The first-order chi connectivity index (χ1) is 9.20. The Hall–Kier alpha value is -1.65. The van der Waals surface area contributed by atoms with Gasteiger partial charge in [-0.1, -0.05) is 23.3 Å². The maximum absolute atomic E-state index is 13.7. The summed E-state index contributed by atoms with van der Waals surface area (Å²) in [6.45, 7) is 1.54. The zero-order chi connectivity index (χ0) is 13.7. The molecule has 0 radical (unpaired) electrons. The molecule has 1 heterocycles. The number of hydrogen-bond donors (Lipinski definition) is 0. The van der Waals surface area contributed by atoms with Crippen LogP contribution in [-0.4, -0.2) is 36.7 Å². The SMILES string of the molecule is [N-]=[N+]=NC1CCN(CCc2ccccc2F)CC1F. The van der Waals surface area contributed by atoms with E-state index in [1.54, 1.807) is 18.2 Å². The molecule has 1 fully saturated rings. The summed E-state index contributed by atoms with van der Waals surface area (Å²) in [5.74, 6) is -0.219. The normalized spacial score (nSPS) is 23.9. The second-order valence-corrected chi connectivity index (χ2v) is 4.72. The average Bonchev–Trinajstić information content (AvgIpc) is 2.41. The highest BCUT2D eigenvalue weighted by molar-refractivity contribution is 5.17. The Kier molecular flexibility index (Phi) is 4.71. The van der Waals surface area contributed by atoms with Gasteiger partial charge in [0.15, 0.2) is 0 Å². The Morgan fingerprint density at radius 1 is 1.42 bits per heavy atom. The van der Waals surface area contributed by atoms with Crippen molar-refractivity contribution >= 4 is 0 Å². The molecule has 0 saturated carbocycles. The van der Waals surface area contributed by atoms with Crippen LogP contribution in [0.3, 0.4) is 0 Å². The number of nitrogens with zero attached hydrogens (tertiary/aromatic N) is 4. The summed E-state index contributed by atoms with van der Waals surface area (Å²) in [7, 11) is 0. The highest BCUT2D eigenvalue weighted by Gasteiger charge is 2.28. The zero-order valence-corrected chi connectivity index (χ0v) is 10.5. The van der Waals surface area contributed by atoms with E-state index < -0.39 is 12.2 Å². The summed E-state index contributed by atoms with van der Waals surface area (Å²) >= 11 is 0. The van der Waals surface area contributed by atoms with Gasteiger partial charge in [0.25, 0.3) is 0 Å². The lowest BCUT2D eigenvalue weighted by Gasteiger charge is -2.32. The third-order valence-electron chi connectivity index (χ3n) is 3.45. The van der Waals surface area contributed by atoms with Crippen molar-refractivity contribution in [2.75, 3.05) is 19.6 Å². The van der Waals surface area contributed by atoms with E-state index in [4.69, 9.17) is 5.53 Å². The number of hydrogen-bond acceptors (Lipinski definition) is 2. The molecule has 0 bridgehead atoms. The third kappa shape index (κ3) is 3.66. The van der Waals surface area contributed by atoms with Crippen LogP contribution in [0.1, 0.15) is 12.0 Å². The summed E-state index contributed by atoms with van der Waals surface area (Å²) in [6, 6.07) is 6.07. The van der Waals surface area contributed by atoms with Gasteiger partial charge in [-0.25, -0.2) is 8.78 Å². The minimum Gasteiger partial charge on any atom is -0.300 e. The molecular formula is C13H16F2N4. The molecule has 0 aliphatic carbocycles. The molecule has 1 aliphatic heterocycles. The van der Waals surface area contributed by atoms with Gasteiger partial charge in [-0.15, -0.1) is 0 Å². The molecule has 1 aromatic carbocycles. The van der Waals surface area contributed by atoms with Gasteiger partial charge < -0.3 is 4.90 Å². The number of piperidine rings is 1. The summed E-state index contributed by atoms with van der Waals surface area (Å²) in [6.07, 6.45) is -0.0566. The van der Waals surface area contributed by atoms with E-state index in [9.17, 15) is 8.78 Å². The molecule has 0 spiro atoms. The summed E-state index contributed by atoms with van der Waals surface area (Å²) in [4.78, 5) is 4.60. The van der Waals surface area contributed by atoms with Crippen LogP contribution in [0.4, 0.5) is 8.78 Å². The predicted octanol–water partition coefficient (Wildman–Crippen LogP) is 3.09. The molecule has 2 atom stereocenters. The van der Waals surface area contributed by atoms with Gasteiger partial charge in [0.05, 0.1) is 6.04 Å². The van der Waals surface area contributed by atoms with Crippen molar-refractivity contribution in [3.05, 3.63) is 46.1 Å².